The molecule has 4 rings (SSSR count). The number of methoxy groups -OCH3 is 2. The first-order valence-electron chi connectivity index (χ1n) is 9.04. The molecule has 30 heavy (non-hydrogen) atoms. The monoisotopic (exact) mass is 440 g/mol. The van der Waals surface area contributed by atoms with Crippen molar-refractivity contribution in [1.29, 1.82) is 0 Å². The highest BCUT2D eigenvalue weighted by molar-refractivity contribution is 6.31. The zero-order valence-corrected chi connectivity index (χ0v) is 17.8. The Morgan fingerprint density at radius 1 is 0.733 bits per heavy atom. The summed E-state index contributed by atoms with van der Waals surface area (Å²) >= 11 is 12.2. The highest BCUT2D eigenvalue weighted by Crippen LogP contribution is 2.36. The summed E-state index contributed by atoms with van der Waals surface area (Å²) in [5.74, 6) is 2.15. The van der Waals surface area contributed by atoms with E-state index in [1.807, 2.05) is 48.5 Å². The molecule has 8 heteroatoms. The maximum absolute atomic E-state index is 6.14. The zero-order chi connectivity index (χ0) is 21.1. The molecule has 1 aromatic heterocycles. The summed E-state index contributed by atoms with van der Waals surface area (Å²) in [6, 6.07) is 18.4. The van der Waals surface area contributed by atoms with Gasteiger partial charge in [-0.15, -0.1) is 0 Å². The molecular weight excluding hydrogens is 423 g/mol. The van der Waals surface area contributed by atoms with Crippen molar-refractivity contribution in [3.63, 3.8) is 0 Å². The molecule has 0 bridgehead atoms. The van der Waals surface area contributed by atoms with E-state index in [0.717, 1.165) is 16.8 Å². The summed E-state index contributed by atoms with van der Waals surface area (Å²) < 4.78 is 10.9. The number of nitrogens with zero attached hydrogens (tertiary/aromatic N) is 2. The van der Waals surface area contributed by atoms with Crippen LogP contribution in [-0.2, 0) is 0 Å². The SMILES string of the molecule is COc1cc2nc(Nc3cccc(Cl)c3)nc(Nc3cccc(Cl)c3)c2cc1OC. The van der Waals surface area contributed by atoms with Crippen LogP contribution in [0.1, 0.15) is 0 Å². The molecule has 0 spiro atoms. The molecule has 0 unspecified atom stereocenters. The quantitative estimate of drug-likeness (QED) is 0.359. The van der Waals surface area contributed by atoms with Gasteiger partial charge in [0.05, 0.1) is 19.7 Å². The van der Waals surface area contributed by atoms with Gasteiger partial charge in [-0.05, 0) is 42.5 Å². The van der Waals surface area contributed by atoms with Crippen LogP contribution >= 0.6 is 23.2 Å². The van der Waals surface area contributed by atoms with Crippen LogP contribution < -0.4 is 20.1 Å². The minimum Gasteiger partial charge on any atom is -0.493 e. The van der Waals surface area contributed by atoms with E-state index in [2.05, 4.69) is 20.6 Å². The van der Waals surface area contributed by atoms with Gasteiger partial charge in [0.15, 0.2) is 11.5 Å². The maximum Gasteiger partial charge on any atom is 0.229 e. The molecule has 0 amide bonds. The van der Waals surface area contributed by atoms with Gasteiger partial charge in [-0.1, -0.05) is 35.3 Å². The predicted molar refractivity (Wildman–Crippen MR) is 122 cm³/mol. The fraction of sp³-hybridized carbons (Fsp3) is 0.0909. The Labute approximate surface area is 183 Å². The van der Waals surface area contributed by atoms with Crippen LogP contribution in [0.4, 0.5) is 23.1 Å². The van der Waals surface area contributed by atoms with Crippen molar-refractivity contribution in [3.8, 4) is 11.5 Å². The maximum atomic E-state index is 6.14. The van der Waals surface area contributed by atoms with E-state index < -0.39 is 0 Å². The number of nitrogens with one attached hydrogen (secondary N) is 2. The van der Waals surface area contributed by atoms with Crippen molar-refractivity contribution in [2.45, 2.75) is 0 Å². The molecule has 1 heterocycles. The summed E-state index contributed by atoms with van der Waals surface area (Å²) in [6.45, 7) is 0. The van der Waals surface area contributed by atoms with Crippen LogP contribution in [0.25, 0.3) is 10.9 Å². The highest BCUT2D eigenvalue weighted by Gasteiger charge is 2.14. The Morgan fingerprint density at radius 3 is 1.93 bits per heavy atom. The van der Waals surface area contributed by atoms with Gasteiger partial charge in [-0.2, -0.15) is 4.98 Å². The first-order valence-corrected chi connectivity index (χ1v) is 9.80. The van der Waals surface area contributed by atoms with E-state index in [1.165, 1.54) is 0 Å². The Balaban J connectivity index is 1.84. The molecule has 0 aliphatic heterocycles. The zero-order valence-electron chi connectivity index (χ0n) is 16.2. The second kappa shape index (κ2) is 8.65. The minimum absolute atomic E-state index is 0.404. The number of anilines is 4. The lowest BCUT2D eigenvalue weighted by molar-refractivity contribution is 0.356. The van der Waals surface area contributed by atoms with Crippen LogP contribution in [0.5, 0.6) is 11.5 Å². The smallest absolute Gasteiger partial charge is 0.229 e. The van der Waals surface area contributed by atoms with Crippen LogP contribution in [0.3, 0.4) is 0 Å². The molecule has 0 atom stereocenters. The van der Waals surface area contributed by atoms with Gasteiger partial charge < -0.3 is 20.1 Å². The first kappa shape index (κ1) is 20.1. The summed E-state index contributed by atoms with van der Waals surface area (Å²) in [5.41, 5.74) is 2.25. The van der Waals surface area contributed by atoms with Crippen LogP contribution in [0.15, 0.2) is 60.7 Å². The van der Waals surface area contributed by atoms with Crippen molar-refractivity contribution in [1.82, 2.24) is 9.97 Å². The van der Waals surface area contributed by atoms with E-state index in [9.17, 15) is 0 Å². The van der Waals surface area contributed by atoms with Gasteiger partial charge in [-0.25, -0.2) is 4.98 Å². The van der Waals surface area contributed by atoms with E-state index in [1.54, 1.807) is 26.4 Å². The average molecular weight is 441 g/mol. The molecule has 0 fully saturated rings. The largest absolute Gasteiger partial charge is 0.493 e. The Hall–Kier alpha value is -3.22. The summed E-state index contributed by atoms with van der Waals surface area (Å²) in [6.07, 6.45) is 0. The van der Waals surface area contributed by atoms with Gasteiger partial charge in [-0.3, -0.25) is 0 Å². The third-order valence-electron chi connectivity index (χ3n) is 4.37. The van der Waals surface area contributed by atoms with Crippen molar-refractivity contribution in [2.75, 3.05) is 24.9 Å². The van der Waals surface area contributed by atoms with Crippen molar-refractivity contribution in [2.24, 2.45) is 0 Å². The first-order chi connectivity index (χ1) is 14.6. The molecule has 6 nitrogen and oxygen atoms in total. The fourth-order valence-corrected chi connectivity index (χ4v) is 3.39. The summed E-state index contributed by atoms with van der Waals surface area (Å²) in [7, 11) is 3.17. The van der Waals surface area contributed by atoms with E-state index in [-0.39, 0.29) is 0 Å². The van der Waals surface area contributed by atoms with Gasteiger partial charge in [0, 0.05) is 32.9 Å². The molecule has 2 N–H and O–H groups in total. The minimum atomic E-state index is 0.404. The number of aromatic nitrogens is 2. The number of rotatable bonds is 6. The lowest BCUT2D eigenvalue weighted by atomic mass is 10.2. The second-order valence-electron chi connectivity index (χ2n) is 6.39. The molecule has 0 radical (unpaired) electrons. The van der Waals surface area contributed by atoms with Crippen molar-refractivity contribution < 1.29 is 9.47 Å². The summed E-state index contributed by atoms with van der Waals surface area (Å²) in [5, 5.41) is 8.52. The van der Waals surface area contributed by atoms with Crippen LogP contribution in [0.2, 0.25) is 10.0 Å². The highest BCUT2D eigenvalue weighted by atomic mass is 35.5. The van der Waals surface area contributed by atoms with Gasteiger partial charge in [0.1, 0.15) is 5.82 Å². The Kier molecular flexibility index (Phi) is 5.79. The summed E-state index contributed by atoms with van der Waals surface area (Å²) in [4.78, 5) is 9.30. The van der Waals surface area contributed by atoms with Crippen molar-refractivity contribution in [3.05, 3.63) is 70.7 Å². The Bertz CT molecular complexity index is 1220. The lowest BCUT2D eigenvalue weighted by Gasteiger charge is -2.15. The number of fused-ring (bicyclic) bond motifs is 1. The van der Waals surface area contributed by atoms with Crippen LogP contribution in [-0.4, -0.2) is 24.2 Å². The van der Waals surface area contributed by atoms with Crippen molar-refractivity contribution >= 4 is 57.2 Å². The molecule has 152 valence electrons. The molecule has 0 saturated carbocycles. The lowest BCUT2D eigenvalue weighted by Crippen LogP contribution is -2.03. The molecule has 3 aromatic carbocycles. The number of hydrogen-bond acceptors (Lipinski definition) is 6. The second-order valence-corrected chi connectivity index (χ2v) is 7.26. The number of halogens is 2. The normalized spacial score (nSPS) is 10.7. The standard InChI is InChI=1S/C22H18Cl2N4O2/c1-29-19-11-17-18(12-20(19)30-2)27-22(26-16-8-4-6-14(24)10-16)28-21(17)25-15-7-3-5-13(23)9-15/h3-12H,1-2H3,(H2,25,26,27,28). The number of ether oxygens (including phenoxy) is 2. The predicted octanol–water partition coefficient (Wildman–Crippen LogP) is 6.44. The molecule has 0 aliphatic rings. The number of benzene rings is 3. The van der Waals surface area contributed by atoms with E-state index in [4.69, 9.17) is 32.7 Å². The topological polar surface area (TPSA) is 68.3 Å². The molecule has 4 aromatic rings. The van der Waals surface area contributed by atoms with E-state index in [0.29, 0.717) is 38.8 Å². The fourth-order valence-electron chi connectivity index (χ4n) is 3.01. The molecular formula is C22H18Cl2N4O2. The molecule has 0 aliphatic carbocycles. The third kappa shape index (κ3) is 4.35. The number of hydrogen-bond donors (Lipinski definition) is 2. The van der Waals surface area contributed by atoms with Crippen LogP contribution in [0, 0.1) is 0 Å². The Morgan fingerprint density at radius 2 is 1.33 bits per heavy atom. The van der Waals surface area contributed by atoms with Gasteiger partial charge in [0.2, 0.25) is 5.95 Å². The molecule has 0 saturated heterocycles. The van der Waals surface area contributed by atoms with E-state index >= 15 is 0 Å². The van der Waals surface area contributed by atoms with Gasteiger partial charge >= 0.3 is 0 Å². The van der Waals surface area contributed by atoms with Gasteiger partial charge in [0.25, 0.3) is 0 Å². The average Bonchev–Trinajstić information content (AvgIpc) is 2.73. The third-order valence-corrected chi connectivity index (χ3v) is 4.84.